The van der Waals surface area contributed by atoms with Gasteiger partial charge >= 0.3 is 12.0 Å². The number of carboxylic acid groups (broad SMARTS) is 1. The van der Waals surface area contributed by atoms with Gasteiger partial charge in [-0.15, -0.1) is 0 Å². The van der Waals surface area contributed by atoms with Crippen molar-refractivity contribution in [1.29, 1.82) is 0 Å². The van der Waals surface area contributed by atoms with Gasteiger partial charge in [0.05, 0.1) is 6.54 Å². The Bertz CT molecular complexity index is 327. The van der Waals surface area contributed by atoms with Crippen LogP contribution in [0.1, 0.15) is 27.7 Å². The zero-order valence-corrected chi connectivity index (χ0v) is 11.9. The first-order valence-corrected chi connectivity index (χ1v) is 6.38. The zero-order chi connectivity index (χ0) is 15.0. The highest BCUT2D eigenvalue weighted by Gasteiger charge is 2.23. The molecule has 0 aliphatic rings. The molecule has 0 unspecified atom stereocenters. The summed E-state index contributed by atoms with van der Waals surface area (Å²) < 4.78 is 0. The van der Waals surface area contributed by atoms with Gasteiger partial charge in [0.25, 0.3) is 0 Å². The number of aliphatic carboxylic acids is 1. The molecule has 0 aromatic carbocycles. The van der Waals surface area contributed by atoms with Crippen molar-refractivity contribution in [2.24, 2.45) is 5.92 Å². The highest BCUT2D eigenvalue weighted by Crippen LogP contribution is 2.01. The zero-order valence-electron chi connectivity index (χ0n) is 11.9. The summed E-state index contributed by atoms with van der Waals surface area (Å²) in [6.07, 6.45) is 0. The molecule has 0 saturated carbocycles. The van der Waals surface area contributed by atoms with E-state index in [0.29, 0.717) is 13.1 Å². The Labute approximate surface area is 113 Å². The Kier molecular flexibility index (Phi) is 7.55. The van der Waals surface area contributed by atoms with Crippen LogP contribution in [0.25, 0.3) is 0 Å². The van der Waals surface area contributed by atoms with Crippen molar-refractivity contribution in [3.63, 3.8) is 0 Å². The van der Waals surface area contributed by atoms with Crippen molar-refractivity contribution in [1.82, 2.24) is 15.5 Å². The number of nitrogens with one attached hydrogen (secondary N) is 2. The Morgan fingerprint density at radius 3 is 2.05 bits per heavy atom. The van der Waals surface area contributed by atoms with Gasteiger partial charge in [-0.25, -0.2) is 9.59 Å². The van der Waals surface area contributed by atoms with Crippen molar-refractivity contribution >= 4 is 17.9 Å². The van der Waals surface area contributed by atoms with E-state index >= 15 is 0 Å². The maximum absolute atomic E-state index is 11.6. The summed E-state index contributed by atoms with van der Waals surface area (Å²) in [5, 5.41) is 13.6. The van der Waals surface area contributed by atoms with E-state index in [1.807, 2.05) is 13.8 Å². The molecule has 3 N–H and O–H groups in total. The molecule has 0 aromatic heterocycles. The summed E-state index contributed by atoms with van der Waals surface area (Å²) >= 11 is 0. The Hall–Kier alpha value is -1.79. The lowest BCUT2D eigenvalue weighted by Crippen LogP contribution is -2.50. The van der Waals surface area contributed by atoms with E-state index in [4.69, 9.17) is 5.11 Å². The summed E-state index contributed by atoms with van der Waals surface area (Å²) in [7, 11) is 0. The van der Waals surface area contributed by atoms with Crippen molar-refractivity contribution < 1.29 is 19.5 Å². The minimum absolute atomic E-state index is 0.141. The molecule has 1 atom stereocenters. The van der Waals surface area contributed by atoms with Gasteiger partial charge in [0, 0.05) is 13.1 Å². The molecule has 0 aliphatic carbocycles. The average molecular weight is 273 g/mol. The van der Waals surface area contributed by atoms with Crippen LogP contribution >= 0.6 is 0 Å². The van der Waals surface area contributed by atoms with Crippen molar-refractivity contribution in [3.8, 4) is 0 Å². The second-order valence-electron chi connectivity index (χ2n) is 4.45. The smallest absolute Gasteiger partial charge is 0.326 e. The topological polar surface area (TPSA) is 98.7 Å². The molecule has 0 spiro atoms. The molecule has 0 saturated heterocycles. The number of nitrogens with zero attached hydrogens (tertiary/aromatic N) is 1. The van der Waals surface area contributed by atoms with Gasteiger partial charge < -0.3 is 20.6 Å². The van der Waals surface area contributed by atoms with Crippen molar-refractivity contribution in [2.75, 3.05) is 19.6 Å². The van der Waals surface area contributed by atoms with Crippen LogP contribution in [-0.2, 0) is 9.59 Å². The quantitative estimate of drug-likeness (QED) is 0.619. The maximum Gasteiger partial charge on any atom is 0.326 e. The van der Waals surface area contributed by atoms with E-state index in [-0.39, 0.29) is 18.4 Å². The monoisotopic (exact) mass is 273 g/mol. The number of hydrogen-bond acceptors (Lipinski definition) is 3. The highest BCUT2D eigenvalue weighted by atomic mass is 16.4. The molecule has 7 heteroatoms. The van der Waals surface area contributed by atoms with E-state index in [2.05, 4.69) is 10.6 Å². The van der Waals surface area contributed by atoms with Gasteiger partial charge in [0.1, 0.15) is 6.04 Å². The predicted octanol–water partition coefficient (Wildman–Crippen LogP) is 0.263. The molecule has 0 aromatic rings. The van der Waals surface area contributed by atoms with Gasteiger partial charge in [-0.05, 0) is 19.8 Å². The second-order valence-corrected chi connectivity index (χ2v) is 4.45. The van der Waals surface area contributed by atoms with Crippen LogP contribution < -0.4 is 10.6 Å². The maximum atomic E-state index is 11.6. The highest BCUT2D eigenvalue weighted by molar-refractivity contribution is 5.86. The van der Waals surface area contributed by atoms with Gasteiger partial charge in [0.15, 0.2) is 0 Å². The third-order valence-corrected chi connectivity index (χ3v) is 2.74. The summed E-state index contributed by atoms with van der Waals surface area (Å²) in [5.41, 5.74) is 0. The molecule has 0 aliphatic heterocycles. The number of urea groups is 1. The first-order valence-electron chi connectivity index (χ1n) is 6.38. The number of likely N-dealkylation sites (N-methyl/N-ethyl adjacent to an activating group) is 1. The van der Waals surface area contributed by atoms with Crippen LogP contribution in [0.3, 0.4) is 0 Å². The van der Waals surface area contributed by atoms with Crippen molar-refractivity contribution in [2.45, 2.75) is 33.7 Å². The van der Waals surface area contributed by atoms with Crippen LogP contribution in [-0.4, -0.2) is 53.6 Å². The van der Waals surface area contributed by atoms with E-state index in [0.717, 1.165) is 0 Å². The standard InChI is InChI=1S/C12H23N3O4/c1-5-15(6-2)9(16)7-13-12(19)14-10(8(3)4)11(17)18/h8,10H,5-7H2,1-4H3,(H,17,18)(H2,13,14,19)/t10-/m1/s1. The number of hydrogen-bond donors (Lipinski definition) is 3. The van der Waals surface area contributed by atoms with Gasteiger partial charge in [-0.1, -0.05) is 13.8 Å². The lowest BCUT2D eigenvalue weighted by atomic mass is 10.1. The molecule has 0 radical (unpaired) electrons. The molecule has 110 valence electrons. The first kappa shape index (κ1) is 17.2. The van der Waals surface area contributed by atoms with Crippen LogP contribution in [0.2, 0.25) is 0 Å². The minimum Gasteiger partial charge on any atom is -0.480 e. The molecule has 0 fully saturated rings. The van der Waals surface area contributed by atoms with Crippen LogP contribution in [0.4, 0.5) is 4.79 Å². The number of carbonyl (C=O) groups excluding carboxylic acids is 2. The summed E-state index contributed by atoms with van der Waals surface area (Å²) in [6.45, 7) is 8.09. The van der Waals surface area contributed by atoms with Crippen LogP contribution in [0.15, 0.2) is 0 Å². The molecule has 0 bridgehead atoms. The van der Waals surface area contributed by atoms with Gasteiger partial charge in [-0.3, -0.25) is 4.79 Å². The lowest BCUT2D eigenvalue weighted by molar-refractivity contribution is -0.140. The summed E-state index contributed by atoms with van der Waals surface area (Å²) in [6, 6.07) is -1.62. The predicted molar refractivity (Wildman–Crippen MR) is 70.7 cm³/mol. The molecular formula is C12H23N3O4. The van der Waals surface area contributed by atoms with Crippen LogP contribution in [0, 0.1) is 5.92 Å². The molecule has 19 heavy (non-hydrogen) atoms. The third-order valence-electron chi connectivity index (χ3n) is 2.74. The minimum atomic E-state index is -1.10. The third kappa shape index (κ3) is 6.08. The molecule has 3 amide bonds. The Morgan fingerprint density at radius 2 is 1.68 bits per heavy atom. The molecular weight excluding hydrogens is 250 g/mol. The average Bonchev–Trinajstić information content (AvgIpc) is 2.34. The van der Waals surface area contributed by atoms with Crippen LogP contribution in [0.5, 0.6) is 0 Å². The lowest BCUT2D eigenvalue weighted by Gasteiger charge is -2.20. The van der Waals surface area contributed by atoms with Gasteiger partial charge in [0.2, 0.25) is 5.91 Å². The fourth-order valence-corrected chi connectivity index (χ4v) is 1.55. The fraction of sp³-hybridized carbons (Fsp3) is 0.750. The summed E-state index contributed by atoms with van der Waals surface area (Å²) in [4.78, 5) is 35.6. The van der Waals surface area contributed by atoms with E-state index in [1.165, 1.54) is 0 Å². The number of rotatable bonds is 7. The SMILES string of the molecule is CCN(CC)C(=O)CNC(=O)N[C@@H](C(=O)O)C(C)C. The van der Waals surface area contributed by atoms with E-state index in [9.17, 15) is 14.4 Å². The van der Waals surface area contributed by atoms with E-state index in [1.54, 1.807) is 18.7 Å². The number of carboxylic acids is 1. The number of carbonyl (C=O) groups is 3. The Morgan fingerprint density at radius 1 is 1.16 bits per heavy atom. The number of amides is 3. The molecule has 0 heterocycles. The molecule has 0 rings (SSSR count). The molecule has 7 nitrogen and oxygen atoms in total. The second kappa shape index (κ2) is 8.34. The van der Waals surface area contributed by atoms with Gasteiger partial charge in [-0.2, -0.15) is 0 Å². The Balaban J connectivity index is 4.25. The fourth-order valence-electron chi connectivity index (χ4n) is 1.55. The first-order chi connectivity index (χ1) is 8.83. The normalized spacial score (nSPS) is 11.8. The van der Waals surface area contributed by atoms with Crippen molar-refractivity contribution in [3.05, 3.63) is 0 Å². The largest absolute Gasteiger partial charge is 0.480 e. The van der Waals surface area contributed by atoms with E-state index < -0.39 is 18.0 Å². The summed E-state index contributed by atoms with van der Waals surface area (Å²) in [5.74, 6) is -1.53.